The molecule has 0 aliphatic carbocycles. The van der Waals surface area contributed by atoms with Crippen molar-refractivity contribution in [1.29, 1.82) is 0 Å². The van der Waals surface area contributed by atoms with Crippen LogP contribution in [0.3, 0.4) is 0 Å². The van der Waals surface area contributed by atoms with Crippen LogP contribution < -0.4 is 5.32 Å². The lowest BCUT2D eigenvalue weighted by atomic mass is 9.95. The van der Waals surface area contributed by atoms with Crippen molar-refractivity contribution < 1.29 is 13.7 Å². The zero-order chi connectivity index (χ0) is 18.6. The summed E-state index contributed by atoms with van der Waals surface area (Å²) in [7, 11) is 0. The monoisotopic (exact) mass is 386 g/mol. The molecule has 27 heavy (non-hydrogen) atoms. The van der Waals surface area contributed by atoms with Gasteiger partial charge < -0.3 is 9.42 Å². The first-order chi connectivity index (χ1) is 13.2. The summed E-state index contributed by atoms with van der Waals surface area (Å²) in [5.74, 6) is 0.589. The zero-order valence-corrected chi connectivity index (χ0v) is 15.4. The van der Waals surface area contributed by atoms with Crippen LogP contribution in [0.4, 0.5) is 14.2 Å². The van der Waals surface area contributed by atoms with E-state index in [-0.39, 0.29) is 23.6 Å². The molecule has 4 rings (SSSR count). The molecule has 2 amide bonds. The summed E-state index contributed by atoms with van der Waals surface area (Å²) in [6, 6.07) is 10.1. The van der Waals surface area contributed by atoms with Gasteiger partial charge in [-0.25, -0.2) is 9.18 Å². The van der Waals surface area contributed by atoms with E-state index >= 15 is 0 Å². The molecule has 1 fully saturated rings. The Hall–Kier alpha value is -2.74. The summed E-state index contributed by atoms with van der Waals surface area (Å²) in [6.07, 6.45) is 2.49. The van der Waals surface area contributed by atoms with Crippen molar-refractivity contribution in [2.24, 2.45) is 5.92 Å². The summed E-state index contributed by atoms with van der Waals surface area (Å²) in [5.41, 5.74) is 0.327. The number of amides is 2. The van der Waals surface area contributed by atoms with Gasteiger partial charge in [0.05, 0.1) is 10.6 Å². The molecule has 3 aromatic rings. The van der Waals surface area contributed by atoms with Crippen LogP contribution >= 0.6 is 11.3 Å². The first-order valence-electron chi connectivity index (χ1n) is 8.86. The summed E-state index contributed by atoms with van der Waals surface area (Å²) < 4.78 is 19.2. The van der Waals surface area contributed by atoms with Crippen LogP contribution in [-0.4, -0.2) is 34.2 Å². The summed E-state index contributed by atoms with van der Waals surface area (Å²) in [4.78, 5) is 18.6. The number of rotatable bonds is 4. The number of likely N-dealkylation sites (tertiary alicyclic amines) is 1. The van der Waals surface area contributed by atoms with Crippen LogP contribution in [-0.2, 0) is 6.42 Å². The van der Waals surface area contributed by atoms with E-state index in [4.69, 9.17) is 4.52 Å². The van der Waals surface area contributed by atoms with Gasteiger partial charge in [-0.2, -0.15) is 4.98 Å². The van der Waals surface area contributed by atoms with E-state index in [1.165, 1.54) is 17.4 Å². The third-order valence-electron chi connectivity index (χ3n) is 4.60. The standard InChI is InChI=1S/C19H19FN4O2S/c20-15-7-2-1-6-14(15)18-21-16(26-23-18)11-13-5-3-9-24(12-13)19(25)22-17-8-4-10-27-17/h1-2,4,6-8,10,13H,3,5,9,11-12H2,(H,22,25)/t13-/m0/s1. The molecule has 0 spiro atoms. The molecule has 0 bridgehead atoms. The van der Waals surface area contributed by atoms with E-state index in [0.29, 0.717) is 24.4 Å². The number of piperidine rings is 1. The number of benzene rings is 1. The van der Waals surface area contributed by atoms with Crippen molar-refractivity contribution >= 4 is 22.4 Å². The van der Waals surface area contributed by atoms with Gasteiger partial charge in [-0.15, -0.1) is 11.3 Å². The number of anilines is 1. The van der Waals surface area contributed by atoms with Gasteiger partial charge in [-0.3, -0.25) is 5.32 Å². The van der Waals surface area contributed by atoms with Gasteiger partial charge in [0.15, 0.2) is 0 Å². The number of hydrogen-bond donors (Lipinski definition) is 1. The highest BCUT2D eigenvalue weighted by molar-refractivity contribution is 7.14. The first-order valence-corrected chi connectivity index (χ1v) is 9.74. The largest absolute Gasteiger partial charge is 0.339 e. The molecule has 2 aromatic heterocycles. The molecular formula is C19H19FN4O2S. The summed E-state index contributed by atoms with van der Waals surface area (Å²) in [6.45, 7) is 1.37. The average molecular weight is 386 g/mol. The molecule has 1 aromatic carbocycles. The Bertz CT molecular complexity index is 912. The number of carbonyl (C=O) groups is 1. The van der Waals surface area contributed by atoms with E-state index < -0.39 is 0 Å². The van der Waals surface area contributed by atoms with Crippen molar-refractivity contribution in [3.63, 3.8) is 0 Å². The SMILES string of the molecule is O=C(Nc1cccs1)N1CCC[C@@H](Cc2nc(-c3ccccc3F)no2)C1. The molecule has 0 unspecified atom stereocenters. The lowest BCUT2D eigenvalue weighted by molar-refractivity contribution is 0.173. The second-order valence-corrected chi connectivity index (χ2v) is 7.51. The van der Waals surface area contributed by atoms with Crippen LogP contribution in [0.1, 0.15) is 18.7 Å². The molecule has 0 saturated carbocycles. The third-order valence-corrected chi connectivity index (χ3v) is 5.39. The van der Waals surface area contributed by atoms with Crippen LogP contribution in [0.5, 0.6) is 0 Å². The molecule has 6 nitrogen and oxygen atoms in total. The maximum Gasteiger partial charge on any atom is 0.322 e. The van der Waals surface area contributed by atoms with E-state index in [0.717, 1.165) is 24.4 Å². The Morgan fingerprint density at radius 3 is 3.04 bits per heavy atom. The van der Waals surface area contributed by atoms with E-state index in [1.807, 2.05) is 22.4 Å². The van der Waals surface area contributed by atoms with Gasteiger partial charge in [0.1, 0.15) is 5.82 Å². The molecule has 140 valence electrons. The highest BCUT2D eigenvalue weighted by Gasteiger charge is 2.26. The molecule has 1 saturated heterocycles. The first kappa shape index (κ1) is 17.7. The van der Waals surface area contributed by atoms with Crippen molar-refractivity contribution in [3.05, 3.63) is 53.5 Å². The fourth-order valence-electron chi connectivity index (χ4n) is 3.29. The van der Waals surface area contributed by atoms with Crippen LogP contribution in [0.25, 0.3) is 11.4 Å². The summed E-state index contributed by atoms with van der Waals surface area (Å²) in [5, 5.41) is 9.59. The Morgan fingerprint density at radius 1 is 1.33 bits per heavy atom. The fraction of sp³-hybridized carbons (Fsp3) is 0.316. The quantitative estimate of drug-likeness (QED) is 0.720. The number of hydrogen-bond acceptors (Lipinski definition) is 5. The van der Waals surface area contributed by atoms with E-state index in [9.17, 15) is 9.18 Å². The van der Waals surface area contributed by atoms with E-state index in [1.54, 1.807) is 18.2 Å². The molecule has 1 N–H and O–H groups in total. The molecular weight excluding hydrogens is 367 g/mol. The van der Waals surface area contributed by atoms with Crippen molar-refractivity contribution in [2.75, 3.05) is 18.4 Å². The molecule has 8 heteroatoms. The molecule has 1 atom stereocenters. The maximum absolute atomic E-state index is 13.9. The van der Waals surface area contributed by atoms with Gasteiger partial charge in [-0.05, 0) is 48.4 Å². The lowest BCUT2D eigenvalue weighted by Crippen LogP contribution is -2.42. The van der Waals surface area contributed by atoms with E-state index in [2.05, 4.69) is 15.5 Å². The zero-order valence-electron chi connectivity index (χ0n) is 14.6. The third kappa shape index (κ3) is 4.16. The second kappa shape index (κ2) is 7.87. The minimum absolute atomic E-state index is 0.0836. The lowest BCUT2D eigenvalue weighted by Gasteiger charge is -2.32. The predicted molar refractivity (Wildman–Crippen MR) is 101 cm³/mol. The fourth-order valence-corrected chi connectivity index (χ4v) is 3.89. The molecule has 0 radical (unpaired) electrons. The Kier molecular flexibility index (Phi) is 5.15. The van der Waals surface area contributed by atoms with Crippen LogP contribution in [0.15, 0.2) is 46.3 Å². The second-order valence-electron chi connectivity index (χ2n) is 6.56. The van der Waals surface area contributed by atoms with Crippen LogP contribution in [0, 0.1) is 11.7 Å². The highest BCUT2D eigenvalue weighted by atomic mass is 32.1. The molecule has 1 aliphatic rings. The summed E-state index contributed by atoms with van der Waals surface area (Å²) >= 11 is 1.50. The minimum Gasteiger partial charge on any atom is -0.339 e. The number of urea groups is 1. The van der Waals surface area contributed by atoms with Crippen molar-refractivity contribution in [1.82, 2.24) is 15.0 Å². The van der Waals surface area contributed by atoms with Gasteiger partial charge >= 0.3 is 6.03 Å². The van der Waals surface area contributed by atoms with Gasteiger partial charge in [0.25, 0.3) is 0 Å². The number of nitrogens with zero attached hydrogens (tertiary/aromatic N) is 3. The van der Waals surface area contributed by atoms with Crippen molar-refractivity contribution in [3.8, 4) is 11.4 Å². The normalized spacial score (nSPS) is 17.1. The number of thiophene rings is 1. The number of carbonyl (C=O) groups excluding carboxylic acids is 1. The Balaban J connectivity index is 1.38. The smallest absolute Gasteiger partial charge is 0.322 e. The van der Waals surface area contributed by atoms with Gasteiger partial charge in [-0.1, -0.05) is 17.3 Å². The average Bonchev–Trinajstić information content (AvgIpc) is 3.34. The predicted octanol–water partition coefficient (Wildman–Crippen LogP) is 4.42. The minimum atomic E-state index is -0.376. The topological polar surface area (TPSA) is 71.3 Å². The number of halogens is 1. The highest BCUT2D eigenvalue weighted by Crippen LogP contribution is 2.24. The number of nitrogens with one attached hydrogen (secondary N) is 1. The molecule has 1 aliphatic heterocycles. The maximum atomic E-state index is 13.9. The van der Waals surface area contributed by atoms with Gasteiger partial charge in [0, 0.05) is 19.5 Å². The Morgan fingerprint density at radius 2 is 2.22 bits per heavy atom. The van der Waals surface area contributed by atoms with Crippen LogP contribution in [0.2, 0.25) is 0 Å². The van der Waals surface area contributed by atoms with Crippen molar-refractivity contribution in [2.45, 2.75) is 19.3 Å². The van der Waals surface area contributed by atoms with Gasteiger partial charge in [0.2, 0.25) is 11.7 Å². The molecule has 3 heterocycles. The number of aromatic nitrogens is 2. The Labute approximate surface area is 160 Å².